The van der Waals surface area contributed by atoms with Crippen LogP contribution in [0.5, 0.6) is 0 Å². The van der Waals surface area contributed by atoms with Crippen molar-refractivity contribution < 1.29 is 0 Å². The highest BCUT2D eigenvalue weighted by Crippen LogP contribution is 2.53. The summed E-state index contributed by atoms with van der Waals surface area (Å²) in [4.78, 5) is 2.31. The molecule has 1 fully saturated rings. The van der Waals surface area contributed by atoms with Crippen LogP contribution in [0.4, 0.5) is 17.1 Å². The second kappa shape index (κ2) is 11.1. The molecule has 1 heterocycles. The molecule has 0 amide bonds. The zero-order valence-corrected chi connectivity index (χ0v) is 28.1. The molecule has 8 aromatic carbocycles. The Morgan fingerprint density at radius 3 is 1.76 bits per heavy atom. The normalized spacial score (nSPS) is 16.6. The summed E-state index contributed by atoms with van der Waals surface area (Å²) < 4.78 is 2.56. The molecule has 1 aromatic heterocycles. The highest BCUT2D eigenvalue weighted by molar-refractivity contribution is 6.33. The van der Waals surface area contributed by atoms with Crippen LogP contribution >= 0.6 is 0 Å². The first-order valence-electron chi connectivity index (χ1n) is 18.0. The largest absolute Gasteiger partial charge is 0.311 e. The Labute approximate surface area is 297 Å². The van der Waals surface area contributed by atoms with E-state index in [4.69, 9.17) is 0 Å². The maximum atomic E-state index is 2.56. The Balaban J connectivity index is 1.05. The fourth-order valence-corrected chi connectivity index (χ4v) is 8.73. The summed E-state index contributed by atoms with van der Waals surface area (Å²) in [5.74, 6) is 1.27. The molecular formula is C49H34N2. The number of hydrogen-bond acceptors (Lipinski definition) is 1. The van der Waals surface area contributed by atoms with E-state index in [1.807, 2.05) is 0 Å². The Hall–Kier alpha value is -6.38. The summed E-state index contributed by atoms with van der Waals surface area (Å²) in [6.45, 7) is 0. The first kappa shape index (κ1) is 28.5. The van der Waals surface area contributed by atoms with Crippen molar-refractivity contribution in [3.8, 4) is 16.8 Å². The van der Waals surface area contributed by atoms with Crippen molar-refractivity contribution in [2.45, 2.75) is 6.42 Å². The van der Waals surface area contributed by atoms with Crippen molar-refractivity contribution in [3.63, 3.8) is 0 Å². The van der Waals surface area contributed by atoms with Crippen LogP contribution < -0.4 is 4.90 Å². The minimum absolute atomic E-state index is 0.600. The highest BCUT2D eigenvalue weighted by Gasteiger charge is 2.41. The molecular weight excluding hydrogens is 617 g/mol. The number of anilines is 3. The van der Waals surface area contributed by atoms with Gasteiger partial charge in [-0.15, -0.1) is 0 Å². The number of para-hydroxylation sites is 2. The predicted molar refractivity (Wildman–Crippen MR) is 216 cm³/mol. The highest BCUT2D eigenvalue weighted by atomic mass is 15.1. The van der Waals surface area contributed by atoms with Crippen LogP contribution in [0.15, 0.2) is 182 Å². The molecule has 0 spiro atoms. The topological polar surface area (TPSA) is 8.17 Å². The van der Waals surface area contributed by atoms with E-state index in [0.717, 1.165) is 17.1 Å². The summed E-state index contributed by atoms with van der Waals surface area (Å²) in [7, 11) is 0. The third-order valence-electron chi connectivity index (χ3n) is 11.2. The summed E-state index contributed by atoms with van der Waals surface area (Å²) in [5.41, 5.74) is 11.1. The van der Waals surface area contributed by atoms with E-state index >= 15 is 0 Å². The number of benzene rings is 8. The number of aromatic nitrogens is 1. The molecule has 2 aliphatic carbocycles. The van der Waals surface area contributed by atoms with Gasteiger partial charge in [0.05, 0.1) is 11.2 Å². The minimum Gasteiger partial charge on any atom is -0.311 e. The molecule has 2 unspecified atom stereocenters. The van der Waals surface area contributed by atoms with Crippen LogP contribution in [0.2, 0.25) is 0 Å². The average molecular weight is 651 g/mol. The monoisotopic (exact) mass is 650 g/mol. The third-order valence-corrected chi connectivity index (χ3v) is 11.2. The first-order chi connectivity index (χ1) is 25.3. The number of allylic oxidation sites excluding steroid dienone is 4. The molecule has 11 rings (SSSR count). The molecule has 51 heavy (non-hydrogen) atoms. The van der Waals surface area contributed by atoms with Gasteiger partial charge >= 0.3 is 0 Å². The Morgan fingerprint density at radius 2 is 1.10 bits per heavy atom. The second-order valence-electron chi connectivity index (χ2n) is 14.1. The molecule has 2 nitrogen and oxygen atoms in total. The van der Waals surface area contributed by atoms with E-state index in [2.05, 4.69) is 191 Å². The maximum absolute atomic E-state index is 2.56. The van der Waals surface area contributed by atoms with Gasteiger partial charge in [0.25, 0.3) is 0 Å². The van der Waals surface area contributed by atoms with Gasteiger partial charge in [0.1, 0.15) is 0 Å². The van der Waals surface area contributed by atoms with E-state index in [1.54, 1.807) is 0 Å². The van der Waals surface area contributed by atoms with Crippen LogP contribution in [0.3, 0.4) is 0 Å². The molecule has 2 atom stereocenters. The summed E-state index contributed by atoms with van der Waals surface area (Å²) in [6.07, 6.45) is 8.27. The van der Waals surface area contributed by atoms with Gasteiger partial charge in [-0.1, -0.05) is 127 Å². The van der Waals surface area contributed by atoms with Gasteiger partial charge in [0.2, 0.25) is 0 Å². The molecule has 2 aliphatic rings. The van der Waals surface area contributed by atoms with Gasteiger partial charge in [-0.25, -0.2) is 0 Å². The van der Waals surface area contributed by atoms with Crippen LogP contribution in [-0.2, 0) is 0 Å². The second-order valence-corrected chi connectivity index (χ2v) is 14.1. The SMILES string of the molecule is C1=CC2CC2C(c2cc3c4cccc5ccc6cccc(c6c54)c3n2-c2ccc(-c3ccc(N(c4ccccc4)c4ccccc4)cc3)cc2)=C1. The number of rotatable bonds is 6. The molecule has 0 N–H and O–H groups in total. The van der Waals surface area contributed by atoms with Crippen molar-refractivity contribution in [2.24, 2.45) is 11.8 Å². The molecule has 0 saturated heterocycles. The molecule has 0 radical (unpaired) electrons. The van der Waals surface area contributed by atoms with Crippen molar-refractivity contribution in [3.05, 3.63) is 188 Å². The van der Waals surface area contributed by atoms with Crippen molar-refractivity contribution in [1.29, 1.82) is 0 Å². The van der Waals surface area contributed by atoms with Gasteiger partial charge in [0.15, 0.2) is 0 Å². The lowest BCUT2D eigenvalue weighted by Gasteiger charge is -2.25. The summed E-state index contributed by atoms with van der Waals surface area (Å²) >= 11 is 0. The summed E-state index contributed by atoms with van der Waals surface area (Å²) in [6, 6.07) is 60.0. The number of nitrogens with zero attached hydrogens (tertiary/aromatic N) is 2. The van der Waals surface area contributed by atoms with Gasteiger partial charge in [-0.05, 0) is 116 Å². The Kier molecular flexibility index (Phi) is 6.17. The Bertz CT molecular complexity index is 2770. The number of hydrogen-bond donors (Lipinski definition) is 0. The van der Waals surface area contributed by atoms with Crippen molar-refractivity contribution in [2.75, 3.05) is 4.90 Å². The maximum Gasteiger partial charge on any atom is 0.0619 e. The van der Waals surface area contributed by atoms with E-state index in [1.165, 1.54) is 77.7 Å². The zero-order chi connectivity index (χ0) is 33.5. The van der Waals surface area contributed by atoms with E-state index in [9.17, 15) is 0 Å². The van der Waals surface area contributed by atoms with Crippen LogP contribution in [0.1, 0.15) is 12.1 Å². The third kappa shape index (κ3) is 4.43. The fraction of sp³-hybridized carbons (Fsp3) is 0.0612. The van der Waals surface area contributed by atoms with E-state index in [0.29, 0.717) is 11.8 Å². The zero-order valence-electron chi connectivity index (χ0n) is 28.1. The first-order valence-corrected chi connectivity index (χ1v) is 18.0. The summed E-state index contributed by atoms with van der Waals surface area (Å²) in [5, 5.41) is 9.33. The van der Waals surface area contributed by atoms with Crippen molar-refractivity contribution >= 4 is 65.9 Å². The molecule has 9 aromatic rings. The van der Waals surface area contributed by atoms with E-state index in [-0.39, 0.29) is 0 Å². The van der Waals surface area contributed by atoms with Crippen LogP contribution in [0, 0.1) is 11.8 Å². The van der Waals surface area contributed by atoms with E-state index < -0.39 is 0 Å². The smallest absolute Gasteiger partial charge is 0.0619 e. The van der Waals surface area contributed by atoms with Gasteiger partial charge in [-0.3, -0.25) is 0 Å². The minimum atomic E-state index is 0.600. The molecule has 1 saturated carbocycles. The predicted octanol–water partition coefficient (Wildman–Crippen LogP) is 13.3. The molecule has 0 bridgehead atoms. The lowest BCUT2D eigenvalue weighted by Crippen LogP contribution is -2.09. The Morgan fingerprint density at radius 1 is 0.510 bits per heavy atom. The lowest BCUT2D eigenvalue weighted by molar-refractivity contribution is 0.971. The number of fused-ring (bicyclic) bond motifs is 4. The quantitative estimate of drug-likeness (QED) is 0.163. The average Bonchev–Trinajstić information content (AvgIpc) is 3.90. The lowest BCUT2D eigenvalue weighted by atomic mass is 9.92. The van der Waals surface area contributed by atoms with Crippen LogP contribution in [-0.4, -0.2) is 4.57 Å². The fourth-order valence-electron chi connectivity index (χ4n) is 8.73. The standard InChI is InChI=1S/C49H34N2/c1-3-13-37(14-4-1)50(38-15-5-2-6-16-38)39-26-22-32(23-27-39)33-24-28-40(29-25-33)51-46(41-17-9-12-36-30-44(36)41)31-45-42-18-7-10-34-20-21-35-11-8-19-43(49(45)51)48(35)47(34)42/h1-29,31,36,44H,30H2. The van der Waals surface area contributed by atoms with Crippen LogP contribution in [0.25, 0.3) is 65.6 Å². The van der Waals surface area contributed by atoms with Gasteiger partial charge in [-0.2, -0.15) is 0 Å². The molecule has 0 aliphatic heterocycles. The molecule has 2 heteroatoms. The van der Waals surface area contributed by atoms with Gasteiger partial charge < -0.3 is 9.47 Å². The van der Waals surface area contributed by atoms with Gasteiger partial charge in [0, 0.05) is 33.5 Å². The van der Waals surface area contributed by atoms with Crippen molar-refractivity contribution in [1.82, 2.24) is 4.57 Å². The molecule has 240 valence electrons.